The van der Waals surface area contributed by atoms with Crippen LogP contribution in [0.3, 0.4) is 0 Å². The summed E-state index contributed by atoms with van der Waals surface area (Å²) in [4.78, 5) is 22.5. The Morgan fingerprint density at radius 1 is 1.39 bits per heavy atom. The van der Waals surface area contributed by atoms with Crippen molar-refractivity contribution in [2.45, 2.75) is 33.1 Å². The Bertz CT molecular complexity index is 433. The van der Waals surface area contributed by atoms with Crippen LogP contribution < -0.4 is 10.2 Å². The second-order valence-corrected chi connectivity index (χ2v) is 4.62. The Morgan fingerprint density at radius 2 is 2.22 bits per heavy atom. The molecule has 0 aliphatic carbocycles. The maximum Gasteiger partial charge on any atom is 0.221 e. The van der Waals surface area contributed by atoms with E-state index >= 15 is 0 Å². The molecule has 2 heterocycles. The second kappa shape index (κ2) is 5.80. The molecule has 0 aromatic carbocycles. The minimum Gasteiger partial charge on any atom is -0.354 e. The van der Waals surface area contributed by atoms with E-state index in [1.807, 2.05) is 13.0 Å². The molecule has 1 fully saturated rings. The molecule has 5 nitrogen and oxygen atoms in total. The van der Waals surface area contributed by atoms with Crippen molar-refractivity contribution < 1.29 is 4.79 Å². The van der Waals surface area contributed by atoms with Gasteiger partial charge in [0.2, 0.25) is 5.91 Å². The third kappa shape index (κ3) is 3.18. The predicted octanol–water partition coefficient (Wildman–Crippen LogP) is 1.06. The molecule has 0 saturated carbocycles. The first-order valence-electron chi connectivity index (χ1n) is 6.55. The van der Waals surface area contributed by atoms with Crippen LogP contribution in [-0.4, -0.2) is 35.5 Å². The Hall–Kier alpha value is -1.65. The summed E-state index contributed by atoms with van der Waals surface area (Å²) >= 11 is 0. The number of hydrogen-bond donors (Lipinski definition) is 1. The van der Waals surface area contributed by atoms with Gasteiger partial charge in [0.1, 0.15) is 11.6 Å². The highest BCUT2D eigenvalue weighted by molar-refractivity contribution is 5.77. The number of anilines is 1. The van der Waals surface area contributed by atoms with Crippen LogP contribution in [0.15, 0.2) is 6.07 Å². The normalized spacial score (nSPS) is 16.3. The highest BCUT2D eigenvalue weighted by atomic mass is 16.1. The first kappa shape index (κ1) is 12.8. The summed E-state index contributed by atoms with van der Waals surface area (Å²) in [7, 11) is 0. The molecule has 0 bridgehead atoms. The van der Waals surface area contributed by atoms with Gasteiger partial charge in [0.25, 0.3) is 0 Å². The van der Waals surface area contributed by atoms with Gasteiger partial charge in [0.15, 0.2) is 0 Å². The minimum absolute atomic E-state index is 0.122. The lowest BCUT2D eigenvalue weighted by Gasteiger charge is -2.21. The van der Waals surface area contributed by atoms with Crippen molar-refractivity contribution in [3.05, 3.63) is 17.6 Å². The number of aryl methyl sites for hydroxylation is 2. The Morgan fingerprint density at radius 3 is 3.00 bits per heavy atom. The SMILES string of the molecule is CCCc1nc(C)cc(N2CCNC(=O)CC2)n1. The van der Waals surface area contributed by atoms with Gasteiger partial charge in [0.05, 0.1) is 0 Å². The summed E-state index contributed by atoms with van der Waals surface area (Å²) in [6.07, 6.45) is 2.48. The number of amides is 1. The van der Waals surface area contributed by atoms with Crippen LogP contribution in [0.2, 0.25) is 0 Å². The van der Waals surface area contributed by atoms with E-state index in [0.29, 0.717) is 13.0 Å². The molecule has 1 aromatic rings. The fourth-order valence-electron chi connectivity index (χ4n) is 2.11. The highest BCUT2D eigenvalue weighted by Crippen LogP contribution is 2.14. The molecule has 1 aliphatic heterocycles. The average molecular weight is 248 g/mol. The van der Waals surface area contributed by atoms with Gasteiger partial charge >= 0.3 is 0 Å². The molecule has 1 amide bonds. The van der Waals surface area contributed by atoms with E-state index in [2.05, 4.69) is 27.1 Å². The molecule has 0 atom stereocenters. The van der Waals surface area contributed by atoms with Gasteiger partial charge < -0.3 is 10.2 Å². The predicted molar refractivity (Wildman–Crippen MR) is 70.6 cm³/mol. The van der Waals surface area contributed by atoms with E-state index in [1.54, 1.807) is 0 Å². The molecule has 0 radical (unpaired) electrons. The maximum atomic E-state index is 11.3. The van der Waals surface area contributed by atoms with Crippen molar-refractivity contribution in [3.8, 4) is 0 Å². The quantitative estimate of drug-likeness (QED) is 0.869. The Balaban J connectivity index is 2.18. The third-order valence-corrected chi connectivity index (χ3v) is 3.00. The molecule has 1 N–H and O–H groups in total. The summed E-state index contributed by atoms with van der Waals surface area (Å²) in [5.74, 6) is 1.97. The fraction of sp³-hybridized carbons (Fsp3) is 0.615. The first-order chi connectivity index (χ1) is 8.69. The fourth-order valence-corrected chi connectivity index (χ4v) is 2.11. The zero-order valence-corrected chi connectivity index (χ0v) is 11.1. The molecular weight excluding hydrogens is 228 g/mol. The van der Waals surface area contributed by atoms with Gasteiger partial charge in [-0.3, -0.25) is 4.79 Å². The smallest absolute Gasteiger partial charge is 0.221 e. The zero-order chi connectivity index (χ0) is 13.0. The third-order valence-electron chi connectivity index (χ3n) is 3.00. The summed E-state index contributed by atoms with van der Waals surface area (Å²) < 4.78 is 0. The van der Waals surface area contributed by atoms with E-state index in [0.717, 1.165) is 43.3 Å². The van der Waals surface area contributed by atoms with E-state index in [-0.39, 0.29) is 5.91 Å². The van der Waals surface area contributed by atoms with Crippen LogP contribution in [0, 0.1) is 6.92 Å². The van der Waals surface area contributed by atoms with Crippen molar-refractivity contribution in [2.75, 3.05) is 24.5 Å². The summed E-state index contributed by atoms with van der Waals surface area (Å²) in [5.41, 5.74) is 0.993. The number of hydrogen-bond acceptors (Lipinski definition) is 4. The standard InChI is InChI=1S/C13H20N4O/c1-3-4-11-15-10(2)9-12(16-11)17-7-5-13(18)14-6-8-17/h9H,3-8H2,1-2H3,(H,14,18). The number of aromatic nitrogens is 2. The van der Waals surface area contributed by atoms with Gasteiger partial charge in [0, 0.05) is 44.2 Å². The average Bonchev–Trinajstić information content (AvgIpc) is 2.54. The van der Waals surface area contributed by atoms with Crippen LogP contribution in [-0.2, 0) is 11.2 Å². The van der Waals surface area contributed by atoms with Gasteiger partial charge in [-0.1, -0.05) is 6.92 Å². The molecule has 1 saturated heterocycles. The van der Waals surface area contributed by atoms with Crippen molar-refractivity contribution in [3.63, 3.8) is 0 Å². The number of nitrogens with one attached hydrogen (secondary N) is 1. The molecule has 2 rings (SSSR count). The lowest BCUT2D eigenvalue weighted by Crippen LogP contribution is -2.29. The van der Waals surface area contributed by atoms with E-state index in [9.17, 15) is 4.79 Å². The minimum atomic E-state index is 0.122. The molecular formula is C13H20N4O. The Kier molecular flexibility index (Phi) is 4.12. The lowest BCUT2D eigenvalue weighted by atomic mass is 10.3. The van der Waals surface area contributed by atoms with Gasteiger partial charge in [-0.15, -0.1) is 0 Å². The van der Waals surface area contributed by atoms with Crippen LogP contribution in [0.25, 0.3) is 0 Å². The maximum absolute atomic E-state index is 11.3. The largest absolute Gasteiger partial charge is 0.354 e. The number of nitrogens with zero attached hydrogens (tertiary/aromatic N) is 3. The molecule has 98 valence electrons. The summed E-state index contributed by atoms with van der Waals surface area (Å²) in [6.45, 7) is 6.35. The van der Waals surface area contributed by atoms with Crippen LogP contribution in [0.4, 0.5) is 5.82 Å². The Labute approximate surface area is 108 Å². The molecule has 18 heavy (non-hydrogen) atoms. The zero-order valence-electron chi connectivity index (χ0n) is 11.1. The van der Waals surface area contributed by atoms with Crippen molar-refractivity contribution in [1.82, 2.24) is 15.3 Å². The number of carbonyl (C=O) groups is 1. The summed E-state index contributed by atoms with van der Waals surface area (Å²) in [6, 6.07) is 1.99. The first-order valence-corrected chi connectivity index (χ1v) is 6.55. The molecule has 1 aromatic heterocycles. The van der Waals surface area contributed by atoms with Crippen LogP contribution in [0.5, 0.6) is 0 Å². The van der Waals surface area contributed by atoms with Crippen LogP contribution >= 0.6 is 0 Å². The van der Waals surface area contributed by atoms with E-state index < -0.39 is 0 Å². The highest BCUT2D eigenvalue weighted by Gasteiger charge is 2.15. The van der Waals surface area contributed by atoms with Crippen molar-refractivity contribution >= 4 is 11.7 Å². The summed E-state index contributed by atoms with van der Waals surface area (Å²) in [5, 5.41) is 2.87. The molecule has 0 unspecified atom stereocenters. The second-order valence-electron chi connectivity index (χ2n) is 4.62. The number of carbonyl (C=O) groups excluding carboxylic acids is 1. The van der Waals surface area contributed by atoms with Crippen molar-refractivity contribution in [1.29, 1.82) is 0 Å². The molecule has 1 aliphatic rings. The van der Waals surface area contributed by atoms with Gasteiger partial charge in [-0.25, -0.2) is 9.97 Å². The van der Waals surface area contributed by atoms with Crippen molar-refractivity contribution in [2.24, 2.45) is 0 Å². The van der Waals surface area contributed by atoms with E-state index in [1.165, 1.54) is 0 Å². The van der Waals surface area contributed by atoms with E-state index in [4.69, 9.17) is 0 Å². The van der Waals surface area contributed by atoms with Crippen LogP contribution in [0.1, 0.15) is 31.3 Å². The number of rotatable bonds is 3. The lowest BCUT2D eigenvalue weighted by molar-refractivity contribution is -0.120. The monoisotopic (exact) mass is 248 g/mol. The molecule has 0 spiro atoms. The topological polar surface area (TPSA) is 58.1 Å². The van der Waals surface area contributed by atoms with Gasteiger partial charge in [-0.2, -0.15) is 0 Å². The molecule has 5 heteroatoms. The van der Waals surface area contributed by atoms with Gasteiger partial charge in [-0.05, 0) is 13.3 Å².